The van der Waals surface area contributed by atoms with E-state index in [9.17, 15) is 13.2 Å². The number of H-pyrrole nitrogens is 1. The number of hydrogen-bond acceptors (Lipinski definition) is 4. The molecule has 1 atom stereocenters. The minimum absolute atomic E-state index is 0.0199. The fraction of sp³-hybridized carbons (Fsp3) is 0.688. The number of piperidine rings is 1. The smallest absolute Gasteiger partial charge is 0.338 e. The lowest BCUT2D eigenvalue weighted by atomic mass is 9.97. The van der Waals surface area contributed by atoms with Crippen molar-refractivity contribution < 1.29 is 13.2 Å². The van der Waals surface area contributed by atoms with E-state index in [1.165, 1.54) is 0 Å². The van der Waals surface area contributed by atoms with Crippen molar-refractivity contribution in [3.63, 3.8) is 0 Å². The third-order valence-electron chi connectivity index (χ3n) is 4.62. The van der Waals surface area contributed by atoms with Crippen LogP contribution >= 0.6 is 0 Å². The zero-order valence-corrected chi connectivity index (χ0v) is 14.5. The average molecular weight is 356 g/mol. The van der Waals surface area contributed by atoms with Gasteiger partial charge in [0.15, 0.2) is 0 Å². The molecule has 2 aromatic heterocycles. The summed E-state index contributed by atoms with van der Waals surface area (Å²) < 4.78 is 40.4. The summed E-state index contributed by atoms with van der Waals surface area (Å²) in [6, 6.07) is 0. The molecule has 1 aliphatic heterocycles. The van der Waals surface area contributed by atoms with Crippen LogP contribution in [0.3, 0.4) is 0 Å². The molecule has 0 saturated carbocycles. The molecule has 0 radical (unpaired) electrons. The second-order valence-electron chi connectivity index (χ2n) is 6.57. The van der Waals surface area contributed by atoms with E-state index in [1.807, 2.05) is 6.92 Å². The average Bonchev–Trinajstić information content (AvgIpc) is 3.18. The van der Waals surface area contributed by atoms with E-state index >= 15 is 0 Å². The molecule has 0 spiro atoms. The Hall–Kier alpha value is -1.90. The first-order chi connectivity index (χ1) is 11.9. The second-order valence-corrected chi connectivity index (χ2v) is 6.57. The monoisotopic (exact) mass is 356 g/mol. The summed E-state index contributed by atoms with van der Waals surface area (Å²) in [5.41, 5.74) is -0.780. The maximum absolute atomic E-state index is 12.8. The number of halogens is 3. The van der Waals surface area contributed by atoms with E-state index in [0.717, 1.165) is 50.2 Å². The molecule has 1 saturated heterocycles. The molecule has 1 aliphatic rings. The minimum Gasteiger partial charge on any atom is -0.338 e. The molecule has 3 rings (SSSR count). The van der Waals surface area contributed by atoms with E-state index in [0.29, 0.717) is 18.9 Å². The highest BCUT2D eigenvalue weighted by Crippen LogP contribution is 2.31. The predicted octanol–water partition coefficient (Wildman–Crippen LogP) is 3.12. The van der Waals surface area contributed by atoms with Crippen LogP contribution in [-0.2, 0) is 19.3 Å². The summed E-state index contributed by atoms with van der Waals surface area (Å²) in [7, 11) is 0. The van der Waals surface area contributed by atoms with Crippen LogP contribution in [0.15, 0.2) is 6.20 Å². The van der Waals surface area contributed by atoms with Gasteiger partial charge in [-0.3, -0.25) is 4.90 Å². The van der Waals surface area contributed by atoms with Crippen molar-refractivity contribution in [2.75, 3.05) is 13.1 Å². The van der Waals surface area contributed by atoms with Crippen LogP contribution in [0.2, 0.25) is 0 Å². The molecule has 0 aromatic carbocycles. The lowest BCUT2D eigenvalue weighted by molar-refractivity contribution is -0.141. The fourth-order valence-electron chi connectivity index (χ4n) is 3.37. The summed E-state index contributed by atoms with van der Waals surface area (Å²) in [4.78, 5) is 8.63. The molecule has 1 fully saturated rings. The number of aryl methyl sites for hydroxylation is 1. The van der Waals surface area contributed by atoms with Crippen molar-refractivity contribution in [1.82, 2.24) is 29.6 Å². The molecule has 25 heavy (non-hydrogen) atoms. The Morgan fingerprint density at radius 3 is 2.80 bits per heavy atom. The van der Waals surface area contributed by atoms with E-state index in [2.05, 4.69) is 36.6 Å². The van der Waals surface area contributed by atoms with Gasteiger partial charge >= 0.3 is 6.18 Å². The highest BCUT2D eigenvalue weighted by Gasteiger charge is 2.34. The van der Waals surface area contributed by atoms with Crippen molar-refractivity contribution >= 4 is 0 Å². The topological polar surface area (TPSA) is 62.6 Å². The number of rotatable bonds is 5. The summed E-state index contributed by atoms with van der Waals surface area (Å²) in [5, 5.41) is 8.41. The molecule has 1 N–H and O–H groups in total. The third-order valence-corrected chi connectivity index (χ3v) is 4.62. The van der Waals surface area contributed by atoms with Crippen LogP contribution < -0.4 is 0 Å². The molecule has 6 nitrogen and oxygen atoms in total. The van der Waals surface area contributed by atoms with Gasteiger partial charge in [-0.15, -0.1) is 10.2 Å². The fourth-order valence-corrected chi connectivity index (χ4v) is 3.37. The number of imidazole rings is 1. The SMILES string of the molecule is CCCn1c(C)nnc1CN1CCC[C@@H](c2ncc(C(F)(F)F)[nH]2)C1. The Morgan fingerprint density at radius 1 is 1.32 bits per heavy atom. The van der Waals surface area contributed by atoms with Crippen LogP contribution in [-0.4, -0.2) is 42.7 Å². The van der Waals surface area contributed by atoms with Crippen molar-refractivity contribution in [2.24, 2.45) is 0 Å². The maximum Gasteiger partial charge on any atom is 0.432 e. The maximum atomic E-state index is 12.8. The van der Waals surface area contributed by atoms with Gasteiger partial charge < -0.3 is 9.55 Å². The largest absolute Gasteiger partial charge is 0.432 e. The van der Waals surface area contributed by atoms with Crippen molar-refractivity contribution in [3.8, 4) is 0 Å². The van der Waals surface area contributed by atoms with Crippen molar-refractivity contribution in [3.05, 3.63) is 29.4 Å². The normalized spacial score (nSPS) is 19.5. The van der Waals surface area contributed by atoms with Gasteiger partial charge in [0.2, 0.25) is 0 Å². The second kappa shape index (κ2) is 7.15. The Labute approximate surface area is 144 Å². The standard InChI is InChI=1S/C16H23F3N6/c1-3-6-25-11(2)22-23-14(25)10-24-7-4-5-12(9-24)15-20-8-13(21-15)16(17,18)19/h8,12H,3-7,9-10H2,1-2H3,(H,20,21)/t12-/m1/s1. The molecule has 0 unspecified atom stereocenters. The molecule has 0 aliphatic carbocycles. The Kier molecular flexibility index (Phi) is 5.12. The van der Waals surface area contributed by atoms with E-state index in [-0.39, 0.29) is 5.92 Å². The summed E-state index contributed by atoms with van der Waals surface area (Å²) in [6.07, 6.45) is -0.736. The Balaban J connectivity index is 1.68. The van der Waals surface area contributed by atoms with Gasteiger partial charge in [-0.25, -0.2) is 4.98 Å². The highest BCUT2D eigenvalue weighted by molar-refractivity contribution is 5.10. The van der Waals surface area contributed by atoms with E-state index < -0.39 is 11.9 Å². The summed E-state index contributed by atoms with van der Waals surface area (Å²) >= 11 is 0. The van der Waals surface area contributed by atoms with Crippen LogP contribution in [0.4, 0.5) is 13.2 Å². The van der Waals surface area contributed by atoms with E-state index in [4.69, 9.17) is 0 Å². The minimum atomic E-state index is -4.38. The number of nitrogens with one attached hydrogen (secondary N) is 1. The van der Waals surface area contributed by atoms with Gasteiger partial charge in [0, 0.05) is 19.0 Å². The molecule has 3 heterocycles. The van der Waals surface area contributed by atoms with Gasteiger partial charge in [0.05, 0.1) is 12.7 Å². The predicted molar refractivity (Wildman–Crippen MR) is 85.9 cm³/mol. The lowest BCUT2D eigenvalue weighted by Crippen LogP contribution is -2.35. The van der Waals surface area contributed by atoms with Gasteiger partial charge in [0.1, 0.15) is 23.2 Å². The van der Waals surface area contributed by atoms with Gasteiger partial charge in [-0.1, -0.05) is 6.92 Å². The van der Waals surface area contributed by atoms with Crippen LogP contribution in [0, 0.1) is 6.92 Å². The van der Waals surface area contributed by atoms with Crippen molar-refractivity contribution in [1.29, 1.82) is 0 Å². The van der Waals surface area contributed by atoms with E-state index in [1.54, 1.807) is 0 Å². The van der Waals surface area contributed by atoms with Crippen LogP contribution in [0.25, 0.3) is 0 Å². The van der Waals surface area contributed by atoms with Gasteiger partial charge in [-0.2, -0.15) is 13.2 Å². The zero-order chi connectivity index (χ0) is 18.0. The molecule has 138 valence electrons. The molecular formula is C16H23F3N6. The first kappa shape index (κ1) is 17.9. The first-order valence-corrected chi connectivity index (χ1v) is 8.61. The van der Waals surface area contributed by atoms with Crippen molar-refractivity contribution in [2.45, 2.75) is 58.3 Å². The van der Waals surface area contributed by atoms with Gasteiger partial charge in [0.25, 0.3) is 0 Å². The molecule has 9 heteroatoms. The number of likely N-dealkylation sites (tertiary alicyclic amines) is 1. The van der Waals surface area contributed by atoms with Gasteiger partial charge in [-0.05, 0) is 32.7 Å². The number of aromatic nitrogens is 5. The van der Waals surface area contributed by atoms with Crippen LogP contribution in [0.5, 0.6) is 0 Å². The summed E-state index contributed by atoms with van der Waals surface area (Å²) in [5.74, 6) is 2.21. The number of nitrogens with zero attached hydrogens (tertiary/aromatic N) is 5. The summed E-state index contributed by atoms with van der Waals surface area (Å²) in [6.45, 7) is 7.15. The molecule has 0 amide bonds. The highest BCUT2D eigenvalue weighted by atomic mass is 19.4. The molecule has 2 aromatic rings. The van der Waals surface area contributed by atoms with Crippen LogP contribution in [0.1, 0.15) is 55.3 Å². The number of alkyl halides is 3. The molecular weight excluding hydrogens is 333 g/mol. The zero-order valence-electron chi connectivity index (χ0n) is 14.5. The lowest BCUT2D eigenvalue weighted by Gasteiger charge is -2.31. The first-order valence-electron chi connectivity index (χ1n) is 8.61. The quantitative estimate of drug-likeness (QED) is 0.894. The number of aromatic amines is 1. The third kappa shape index (κ3) is 4.02. The number of hydrogen-bond donors (Lipinski definition) is 1. The molecule has 0 bridgehead atoms. The Morgan fingerprint density at radius 2 is 2.12 bits per heavy atom. The Bertz CT molecular complexity index is 705.